The third-order valence-corrected chi connectivity index (χ3v) is 3.32. The zero-order chi connectivity index (χ0) is 15.7. The number of alkyl halides is 3. The van der Waals surface area contributed by atoms with Crippen LogP contribution in [-0.4, -0.2) is 13.4 Å². The first-order valence-electron chi connectivity index (χ1n) is 5.51. The summed E-state index contributed by atoms with van der Waals surface area (Å²) in [5.74, 6) is -0.123. The highest BCUT2D eigenvalue weighted by Gasteiger charge is 2.32. The standard InChI is InChI=1S/C12H9F3N2O3S/c13-12(14,15)10-2-1-3-11(17-10)20-8-4-6-9(7-5-8)21(16,18)19/h1-7H,(H2,16,18,19). The zero-order valence-corrected chi connectivity index (χ0v) is 11.1. The SMILES string of the molecule is NS(=O)(=O)c1ccc(Oc2cccc(C(F)(F)F)n2)cc1. The maximum absolute atomic E-state index is 12.5. The molecule has 112 valence electrons. The first-order valence-corrected chi connectivity index (χ1v) is 7.06. The van der Waals surface area contributed by atoms with Crippen LogP contribution >= 0.6 is 0 Å². The van der Waals surface area contributed by atoms with E-state index < -0.39 is 21.9 Å². The molecule has 0 aliphatic carbocycles. The molecular weight excluding hydrogens is 309 g/mol. The number of hydrogen-bond donors (Lipinski definition) is 1. The fourth-order valence-corrected chi connectivity index (χ4v) is 1.96. The molecule has 0 amide bonds. The minimum atomic E-state index is -4.57. The largest absolute Gasteiger partial charge is 0.439 e. The number of halogens is 3. The molecule has 0 saturated carbocycles. The summed E-state index contributed by atoms with van der Waals surface area (Å²) < 4.78 is 64.7. The first kappa shape index (κ1) is 15.3. The van der Waals surface area contributed by atoms with Gasteiger partial charge < -0.3 is 4.74 Å². The average Bonchev–Trinajstić information content (AvgIpc) is 2.37. The van der Waals surface area contributed by atoms with Crippen LogP contribution in [0.4, 0.5) is 13.2 Å². The summed E-state index contributed by atoms with van der Waals surface area (Å²) in [7, 11) is -3.84. The second kappa shape index (κ2) is 5.34. The molecule has 0 radical (unpaired) electrons. The molecule has 0 spiro atoms. The highest BCUT2D eigenvalue weighted by atomic mass is 32.2. The van der Waals surface area contributed by atoms with E-state index >= 15 is 0 Å². The molecule has 9 heteroatoms. The Morgan fingerprint density at radius 1 is 1.05 bits per heavy atom. The maximum Gasteiger partial charge on any atom is 0.433 e. The molecule has 0 aliphatic rings. The van der Waals surface area contributed by atoms with E-state index in [-0.39, 0.29) is 16.5 Å². The van der Waals surface area contributed by atoms with Gasteiger partial charge in [0.2, 0.25) is 15.9 Å². The van der Waals surface area contributed by atoms with Gasteiger partial charge in [0.1, 0.15) is 11.4 Å². The summed E-state index contributed by atoms with van der Waals surface area (Å²) in [4.78, 5) is 3.19. The smallest absolute Gasteiger partial charge is 0.433 e. The number of hydrogen-bond acceptors (Lipinski definition) is 4. The molecule has 21 heavy (non-hydrogen) atoms. The van der Waals surface area contributed by atoms with E-state index in [9.17, 15) is 21.6 Å². The van der Waals surface area contributed by atoms with Crippen LogP contribution in [0.25, 0.3) is 0 Å². The van der Waals surface area contributed by atoms with E-state index in [1.165, 1.54) is 30.3 Å². The normalized spacial score (nSPS) is 12.2. The number of rotatable bonds is 3. The van der Waals surface area contributed by atoms with Gasteiger partial charge in [-0.25, -0.2) is 18.5 Å². The minimum Gasteiger partial charge on any atom is -0.439 e. The molecule has 2 aromatic rings. The third kappa shape index (κ3) is 3.92. The number of nitrogens with zero attached hydrogens (tertiary/aromatic N) is 1. The van der Waals surface area contributed by atoms with Gasteiger partial charge in [-0.05, 0) is 30.3 Å². The summed E-state index contributed by atoms with van der Waals surface area (Å²) in [6, 6.07) is 8.11. The van der Waals surface area contributed by atoms with Crippen molar-refractivity contribution in [3.8, 4) is 11.6 Å². The molecule has 0 atom stereocenters. The number of pyridine rings is 1. The van der Waals surface area contributed by atoms with Crippen LogP contribution in [0.5, 0.6) is 11.6 Å². The van der Waals surface area contributed by atoms with E-state index in [1.807, 2.05) is 0 Å². The van der Waals surface area contributed by atoms with E-state index in [0.717, 1.165) is 12.1 Å². The van der Waals surface area contributed by atoms with Crippen molar-refractivity contribution in [1.29, 1.82) is 0 Å². The van der Waals surface area contributed by atoms with Crippen LogP contribution in [0.1, 0.15) is 5.69 Å². The van der Waals surface area contributed by atoms with Gasteiger partial charge in [-0.2, -0.15) is 13.2 Å². The fourth-order valence-electron chi connectivity index (χ4n) is 1.45. The highest BCUT2D eigenvalue weighted by Crippen LogP contribution is 2.29. The second-order valence-electron chi connectivity index (χ2n) is 3.98. The van der Waals surface area contributed by atoms with Gasteiger partial charge in [-0.3, -0.25) is 0 Å². The molecule has 2 N–H and O–H groups in total. The van der Waals surface area contributed by atoms with Crippen molar-refractivity contribution in [3.63, 3.8) is 0 Å². The Morgan fingerprint density at radius 3 is 2.19 bits per heavy atom. The highest BCUT2D eigenvalue weighted by molar-refractivity contribution is 7.89. The number of benzene rings is 1. The molecule has 0 unspecified atom stereocenters. The average molecular weight is 318 g/mol. The van der Waals surface area contributed by atoms with E-state index in [0.29, 0.717) is 0 Å². The predicted octanol–water partition coefficient (Wildman–Crippen LogP) is 2.54. The molecule has 5 nitrogen and oxygen atoms in total. The Morgan fingerprint density at radius 2 is 1.67 bits per heavy atom. The monoisotopic (exact) mass is 318 g/mol. The Hall–Kier alpha value is -2.13. The molecule has 0 aliphatic heterocycles. The molecule has 0 saturated heterocycles. The molecular formula is C12H9F3N2O3S. The second-order valence-corrected chi connectivity index (χ2v) is 5.54. The number of primary sulfonamides is 1. The Kier molecular flexibility index (Phi) is 3.88. The Balaban J connectivity index is 2.23. The van der Waals surface area contributed by atoms with Gasteiger partial charge in [0, 0.05) is 6.07 Å². The number of sulfonamides is 1. The lowest BCUT2D eigenvalue weighted by molar-refractivity contribution is -0.141. The minimum absolute atomic E-state index is 0.133. The van der Waals surface area contributed by atoms with Crippen LogP contribution in [0.3, 0.4) is 0 Å². The summed E-state index contributed by atoms with van der Waals surface area (Å²) >= 11 is 0. The number of nitrogens with two attached hydrogens (primary N) is 1. The van der Waals surface area contributed by atoms with Gasteiger partial charge in [0.25, 0.3) is 0 Å². The third-order valence-electron chi connectivity index (χ3n) is 2.39. The van der Waals surface area contributed by atoms with Crippen molar-refractivity contribution < 1.29 is 26.3 Å². The quantitative estimate of drug-likeness (QED) is 0.943. The van der Waals surface area contributed by atoms with E-state index in [2.05, 4.69) is 4.98 Å². The van der Waals surface area contributed by atoms with Crippen molar-refractivity contribution in [2.45, 2.75) is 11.1 Å². The Bertz CT molecular complexity index is 743. The van der Waals surface area contributed by atoms with Crippen LogP contribution in [0, 0.1) is 0 Å². The van der Waals surface area contributed by atoms with Crippen molar-refractivity contribution in [1.82, 2.24) is 4.98 Å². The van der Waals surface area contributed by atoms with Gasteiger partial charge in [0.15, 0.2) is 0 Å². The van der Waals surface area contributed by atoms with Crippen LogP contribution < -0.4 is 9.88 Å². The van der Waals surface area contributed by atoms with Crippen molar-refractivity contribution >= 4 is 10.0 Å². The molecule has 1 heterocycles. The van der Waals surface area contributed by atoms with Gasteiger partial charge in [-0.15, -0.1) is 0 Å². The predicted molar refractivity (Wildman–Crippen MR) is 67.1 cm³/mol. The van der Waals surface area contributed by atoms with Crippen LogP contribution in [0.15, 0.2) is 47.4 Å². The molecule has 0 fully saturated rings. The van der Waals surface area contributed by atoms with Crippen molar-refractivity contribution in [3.05, 3.63) is 48.2 Å². The summed E-state index contributed by atoms with van der Waals surface area (Å²) in [5, 5.41) is 4.92. The lowest BCUT2D eigenvalue weighted by atomic mass is 10.3. The zero-order valence-electron chi connectivity index (χ0n) is 10.3. The maximum atomic E-state index is 12.5. The molecule has 2 rings (SSSR count). The van der Waals surface area contributed by atoms with Crippen molar-refractivity contribution in [2.24, 2.45) is 5.14 Å². The topological polar surface area (TPSA) is 82.3 Å². The number of aromatic nitrogens is 1. The van der Waals surface area contributed by atoms with Gasteiger partial charge >= 0.3 is 6.18 Å². The summed E-state index contributed by atoms with van der Waals surface area (Å²) in [6.07, 6.45) is -4.57. The first-order chi connectivity index (χ1) is 9.66. The van der Waals surface area contributed by atoms with Crippen molar-refractivity contribution in [2.75, 3.05) is 0 Å². The molecule has 1 aromatic carbocycles. The van der Waals surface area contributed by atoms with Crippen LogP contribution in [0.2, 0.25) is 0 Å². The summed E-state index contributed by atoms with van der Waals surface area (Å²) in [6.45, 7) is 0. The van der Waals surface area contributed by atoms with Gasteiger partial charge in [-0.1, -0.05) is 6.07 Å². The number of ether oxygens (including phenoxy) is 1. The lowest BCUT2D eigenvalue weighted by Crippen LogP contribution is -2.11. The fraction of sp³-hybridized carbons (Fsp3) is 0.0833. The van der Waals surface area contributed by atoms with E-state index in [1.54, 1.807) is 0 Å². The summed E-state index contributed by atoms with van der Waals surface area (Å²) in [5.41, 5.74) is -1.08. The Labute approximate surface area is 118 Å². The molecule has 1 aromatic heterocycles. The van der Waals surface area contributed by atoms with E-state index in [4.69, 9.17) is 9.88 Å². The lowest BCUT2D eigenvalue weighted by Gasteiger charge is -2.09. The van der Waals surface area contributed by atoms with Crippen LogP contribution in [-0.2, 0) is 16.2 Å². The van der Waals surface area contributed by atoms with Gasteiger partial charge in [0.05, 0.1) is 4.90 Å². The molecule has 0 bridgehead atoms.